The Bertz CT molecular complexity index is 940. The maximum atomic E-state index is 13.5. The Balaban J connectivity index is 5.91. The van der Waals surface area contributed by atoms with Crippen molar-refractivity contribution in [3.8, 4) is 0 Å². The number of amides is 5. The van der Waals surface area contributed by atoms with Gasteiger partial charge in [0, 0.05) is 6.42 Å². The van der Waals surface area contributed by atoms with Gasteiger partial charge in [-0.25, -0.2) is 4.79 Å². The monoisotopic (exact) mass is 658 g/mol. The summed E-state index contributed by atoms with van der Waals surface area (Å²) < 4.78 is 0. The van der Waals surface area contributed by atoms with Gasteiger partial charge in [0.25, 0.3) is 0 Å². The van der Waals surface area contributed by atoms with E-state index in [0.29, 0.717) is 84.0 Å². The van der Waals surface area contributed by atoms with Crippen molar-refractivity contribution in [3.63, 3.8) is 0 Å². The van der Waals surface area contributed by atoms with Crippen molar-refractivity contribution in [2.45, 2.75) is 120 Å². The van der Waals surface area contributed by atoms with Gasteiger partial charge in [0.1, 0.15) is 24.2 Å². The van der Waals surface area contributed by atoms with Gasteiger partial charge in [0.05, 0.1) is 6.04 Å². The number of primary amides is 1. The van der Waals surface area contributed by atoms with Crippen LogP contribution in [0.4, 0.5) is 0 Å². The van der Waals surface area contributed by atoms with Crippen LogP contribution in [-0.2, 0) is 28.8 Å². The molecule has 0 unspecified atom stereocenters. The minimum absolute atomic E-state index is 0.139. The van der Waals surface area contributed by atoms with Gasteiger partial charge in [-0.05, 0) is 103 Å². The van der Waals surface area contributed by atoms with Crippen LogP contribution in [-0.4, -0.2) is 97.0 Å². The van der Waals surface area contributed by atoms with Crippen molar-refractivity contribution in [2.75, 3.05) is 26.2 Å². The Morgan fingerprint density at radius 3 is 1.17 bits per heavy atom. The van der Waals surface area contributed by atoms with E-state index in [2.05, 4.69) is 21.3 Å². The number of carboxylic acid groups (broad SMARTS) is 1. The van der Waals surface area contributed by atoms with Crippen LogP contribution in [0.25, 0.3) is 0 Å². The SMILES string of the molecule is NCCCC[C@H](NC(=O)[C@H](CCCCN)NC(=O)[C@H](CCC(N)=O)NC(=O)[C@H](CCCCN)NC(=O)[C@@H](N)CCCCN)C(=O)O. The first-order chi connectivity index (χ1) is 21.9. The van der Waals surface area contributed by atoms with Gasteiger partial charge in [-0.1, -0.05) is 6.42 Å². The van der Waals surface area contributed by atoms with Crippen LogP contribution in [0, 0.1) is 0 Å². The lowest BCUT2D eigenvalue weighted by Gasteiger charge is -2.26. The summed E-state index contributed by atoms with van der Waals surface area (Å²) in [4.78, 5) is 76.2. The average Bonchev–Trinajstić information content (AvgIpc) is 3.01. The summed E-state index contributed by atoms with van der Waals surface area (Å²) in [6, 6.07) is -5.59. The molecule has 0 aromatic heterocycles. The molecule has 0 fully saturated rings. The molecular weight excluding hydrogens is 600 g/mol. The molecule has 46 heavy (non-hydrogen) atoms. The number of carbonyl (C=O) groups excluding carboxylic acids is 5. The highest BCUT2D eigenvalue weighted by Crippen LogP contribution is 2.09. The van der Waals surface area contributed by atoms with E-state index in [1.165, 1.54) is 0 Å². The van der Waals surface area contributed by atoms with Gasteiger partial charge in [-0.2, -0.15) is 0 Å². The second-order valence-electron chi connectivity index (χ2n) is 11.3. The summed E-state index contributed by atoms with van der Waals surface area (Å²) in [7, 11) is 0. The van der Waals surface area contributed by atoms with E-state index in [9.17, 15) is 33.9 Å². The second kappa shape index (κ2) is 25.8. The molecule has 0 aliphatic carbocycles. The number of aliphatic carboxylic acids is 1. The quantitative estimate of drug-likeness (QED) is 0.0378. The summed E-state index contributed by atoms with van der Waals surface area (Å²) in [6.07, 6.45) is 4.83. The lowest BCUT2D eigenvalue weighted by Crippen LogP contribution is -2.58. The van der Waals surface area contributed by atoms with E-state index < -0.39 is 65.7 Å². The minimum atomic E-state index is -1.31. The Morgan fingerprint density at radius 2 is 0.804 bits per heavy atom. The number of unbranched alkanes of at least 4 members (excludes halogenated alkanes) is 4. The van der Waals surface area contributed by atoms with Gasteiger partial charge in [0.15, 0.2) is 0 Å². The van der Waals surface area contributed by atoms with E-state index in [1.807, 2.05) is 0 Å². The standard InChI is InChI=1S/C29H58N10O7/c30-15-5-1-9-19(34)25(41)36-20(10-2-6-16-31)26(42)38-22(13-14-24(35)40)28(44)37-21(11-3-7-17-32)27(43)39-23(29(45)46)12-4-8-18-33/h19-23H,1-18,30-34H2,(H2,35,40)(H,36,41)(H,37,44)(H,38,42)(H,39,43)(H,45,46)/t19-,20-,21-,22-,23-/m0/s1. The molecule has 0 saturated heterocycles. The van der Waals surface area contributed by atoms with Crippen LogP contribution >= 0.6 is 0 Å². The molecule has 17 heteroatoms. The first kappa shape index (κ1) is 42.6. The minimum Gasteiger partial charge on any atom is -0.480 e. The van der Waals surface area contributed by atoms with Crippen LogP contribution in [0.1, 0.15) is 89.9 Å². The Hall–Kier alpha value is -3.38. The first-order valence-electron chi connectivity index (χ1n) is 16.2. The Labute approximate surface area is 271 Å². The predicted octanol–water partition coefficient (Wildman–Crippen LogP) is -2.88. The molecule has 0 aliphatic heterocycles. The van der Waals surface area contributed by atoms with Crippen LogP contribution in [0.15, 0.2) is 0 Å². The fraction of sp³-hybridized carbons (Fsp3) is 0.793. The summed E-state index contributed by atoms with van der Waals surface area (Å²) in [5.41, 5.74) is 33.5. The zero-order valence-corrected chi connectivity index (χ0v) is 27.0. The first-order valence-corrected chi connectivity index (χ1v) is 16.2. The Kier molecular flexibility index (Phi) is 23.9. The van der Waals surface area contributed by atoms with Crippen molar-refractivity contribution in [2.24, 2.45) is 34.4 Å². The van der Waals surface area contributed by atoms with Crippen molar-refractivity contribution in [3.05, 3.63) is 0 Å². The predicted molar refractivity (Wildman–Crippen MR) is 173 cm³/mol. The zero-order chi connectivity index (χ0) is 34.9. The Morgan fingerprint density at radius 1 is 0.478 bits per heavy atom. The molecule has 0 saturated carbocycles. The van der Waals surface area contributed by atoms with Crippen molar-refractivity contribution in [1.29, 1.82) is 0 Å². The largest absolute Gasteiger partial charge is 0.480 e. The summed E-state index contributed by atoms with van der Waals surface area (Å²) in [5, 5.41) is 19.9. The van der Waals surface area contributed by atoms with Gasteiger partial charge in [0.2, 0.25) is 29.5 Å². The molecule has 0 radical (unpaired) electrons. The number of hydrogen-bond acceptors (Lipinski definition) is 11. The van der Waals surface area contributed by atoms with Gasteiger partial charge in [-0.3, -0.25) is 24.0 Å². The van der Waals surface area contributed by atoms with Gasteiger partial charge >= 0.3 is 5.97 Å². The van der Waals surface area contributed by atoms with E-state index in [0.717, 1.165) is 0 Å². The highest BCUT2D eigenvalue weighted by Gasteiger charge is 2.31. The number of carbonyl (C=O) groups is 6. The lowest BCUT2D eigenvalue weighted by molar-refractivity contribution is -0.142. The average molecular weight is 659 g/mol. The lowest BCUT2D eigenvalue weighted by atomic mass is 10.0. The molecule has 17 nitrogen and oxygen atoms in total. The van der Waals surface area contributed by atoms with Gasteiger partial charge < -0.3 is 60.8 Å². The third kappa shape index (κ3) is 19.2. The topological polar surface area (TPSA) is 327 Å². The smallest absolute Gasteiger partial charge is 0.326 e. The summed E-state index contributed by atoms with van der Waals surface area (Å²) in [5.74, 6) is -4.70. The molecule has 0 bridgehead atoms. The van der Waals surface area contributed by atoms with E-state index >= 15 is 0 Å². The molecule has 5 atom stereocenters. The fourth-order valence-corrected chi connectivity index (χ4v) is 4.56. The number of nitrogens with two attached hydrogens (primary N) is 6. The van der Waals surface area contributed by atoms with Crippen molar-refractivity contribution in [1.82, 2.24) is 21.3 Å². The van der Waals surface area contributed by atoms with Crippen LogP contribution in [0.5, 0.6) is 0 Å². The molecule has 0 aliphatic rings. The van der Waals surface area contributed by atoms with E-state index in [1.54, 1.807) is 0 Å². The normalized spacial score (nSPS) is 14.3. The van der Waals surface area contributed by atoms with Crippen LogP contribution in [0.2, 0.25) is 0 Å². The third-order valence-corrected chi connectivity index (χ3v) is 7.34. The second-order valence-corrected chi connectivity index (χ2v) is 11.3. The van der Waals surface area contributed by atoms with Crippen molar-refractivity contribution < 1.29 is 33.9 Å². The van der Waals surface area contributed by atoms with Crippen molar-refractivity contribution >= 4 is 35.5 Å². The molecule has 0 spiro atoms. The molecule has 0 aromatic carbocycles. The molecule has 0 heterocycles. The molecular formula is C29H58N10O7. The van der Waals surface area contributed by atoms with Crippen LogP contribution in [0.3, 0.4) is 0 Å². The number of hydrogen-bond donors (Lipinski definition) is 11. The summed E-state index contributed by atoms with van der Waals surface area (Å²) >= 11 is 0. The highest BCUT2D eigenvalue weighted by atomic mass is 16.4. The zero-order valence-electron chi connectivity index (χ0n) is 27.0. The number of nitrogens with one attached hydrogen (secondary N) is 4. The maximum Gasteiger partial charge on any atom is 0.326 e. The number of rotatable bonds is 28. The number of carboxylic acids is 1. The molecule has 17 N–H and O–H groups in total. The third-order valence-electron chi connectivity index (χ3n) is 7.34. The van der Waals surface area contributed by atoms with E-state index in [4.69, 9.17) is 34.4 Å². The van der Waals surface area contributed by atoms with Crippen LogP contribution < -0.4 is 55.7 Å². The fourth-order valence-electron chi connectivity index (χ4n) is 4.56. The van der Waals surface area contributed by atoms with Gasteiger partial charge in [-0.15, -0.1) is 0 Å². The highest BCUT2D eigenvalue weighted by molar-refractivity contribution is 5.95. The van der Waals surface area contributed by atoms with E-state index in [-0.39, 0.29) is 32.1 Å². The maximum absolute atomic E-state index is 13.5. The molecule has 266 valence electrons. The summed E-state index contributed by atoms with van der Waals surface area (Å²) in [6.45, 7) is 1.53. The molecule has 0 aromatic rings. The molecule has 5 amide bonds. The molecule has 0 rings (SSSR count).